The van der Waals surface area contributed by atoms with Gasteiger partial charge >= 0.3 is 0 Å². The van der Waals surface area contributed by atoms with Gasteiger partial charge in [0.25, 0.3) is 0 Å². The summed E-state index contributed by atoms with van der Waals surface area (Å²) in [6, 6.07) is 16.3. The van der Waals surface area contributed by atoms with E-state index in [1.54, 1.807) is 17.2 Å². The number of carbonyl (C=O) groups excluding carboxylic acids is 1. The van der Waals surface area contributed by atoms with Crippen LogP contribution in [0.15, 0.2) is 84.0 Å². The number of aryl methyl sites for hydroxylation is 2. The highest BCUT2D eigenvalue weighted by molar-refractivity contribution is 7.89. The summed E-state index contributed by atoms with van der Waals surface area (Å²) >= 11 is 0. The van der Waals surface area contributed by atoms with E-state index in [4.69, 9.17) is 0 Å². The molecule has 1 amide bonds. The average molecular weight is 563 g/mol. The molecule has 0 bridgehead atoms. The van der Waals surface area contributed by atoms with Gasteiger partial charge in [-0.2, -0.15) is 0 Å². The monoisotopic (exact) mass is 562 g/mol. The minimum atomic E-state index is -3.89. The van der Waals surface area contributed by atoms with Crippen LogP contribution in [-0.4, -0.2) is 23.9 Å². The van der Waals surface area contributed by atoms with Gasteiger partial charge in [-0.15, -0.1) is 0 Å². The van der Waals surface area contributed by atoms with Crippen molar-refractivity contribution in [1.82, 2.24) is 14.3 Å². The van der Waals surface area contributed by atoms with Crippen LogP contribution in [0.3, 0.4) is 0 Å². The largest absolute Gasteiger partial charge is 0.337 e. The number of fused-ring (bicyclic) bond motifs is 1. The molecule has 1 aromatic heterocycles. The van der Waals surface area contributed by atoms with Crippen LogP contribution in [0.1, 0.15) is 47.3 Å². The lowest BCUT2D eigenvalue weighted by Crippen LogP contribution is -2.33. The maximum Gasteiger partial charge on any atom is 0.241 e. The summed E-state index contributed by atoms with van der Waals surface area (Å²) in [7, 11) is -2.02. The minimum Gasteiger partial charge on any atom is -0.337 e. The van der Waals surface area contributed by atoms with E-state index in [0.717, 1.165) is 28.8 Å². The highest BCUT2D eigenvalue weighted by atomic mass is 32.2. The van der Waals surface area contributed by atoms with E-state index in [2.05, 4.69) is 9.71 Å². The number of carbonyl (C=O) groups is 1. The van der Waals surface area contributed by atoms with Crippen molar-refractivity contribution in [2.75, 3.05) is 4.90 Å². The first-order valence-electron chi connectivity index (χ1n) is 13.1. The standard InChI is InChI=1S/C30H28F2N4O3S/c1-35-14-13-33-29(35)18-36(30(37)27-17-25(27)20-3-2-4-22(32)15-20)23-9-5-19-6-12-28(26(19)16-23)34-40(38,39)24-10-7-21(31)8-11-24/h2-5,7-11,13-16,25,27-28,34H,6,12,17-18H2,1H3/t25-,27-,28-/m0/s1. The maximum atomic E-state index is 13.9. The number of halogens is 2. The number of aromatic nitrogens is 2. The normalized spacial score (nSPS) is 19.8. The SMILES string of the molecule is Cn1ccnc1CN(C(=O)[C@H]1C[C@H]1c1cccc(F)c1)c1ccc2c(c1)[C@@H](NS(=O)(=O)c1ccc(F)cc1)CC2. The lowest BCUT2D eigenvalue weighted by atomic mass is 10.1. The zero-order valence-electron chi connectivity index (χ0n) is 21.8. The Hall–Kier alpha value is -3.89. The molecular formula is C30H28F2N4O3S. The van der Waals surface area contributed by atoms with Crippen LogP contribution in [0.4, 0.5) is 14.5 Å². The summed E-state index contributed by atoms with van der Waals surface area (Å²) in [6.45, 7) is 0.236. The molecule has 6 rings (SSSR count). The zero-order valence-corrected chi connectivity index (χ0v) is 22.6. The van der Waals surface area contributed by atoms with E-state index in [-0.39, 0.29) is 35.0 Å². The molecule has 3 atom stereocenters. The van der Waals surface area contributed by atoms with Crippen LogP contribution >= 0.6 is 0 Å². The first kappa shape index (κ1) is 26.3. The molecule has 7 nitrogen and oxygen atoms in total. The maximum absolute atomic E-state index is 13.9. The van der Waals surface area contributed by atoms with Crippen molar-refractivity contribution in [3.05, 3.63) is 113 Å². The zero-order chi connectivity index (χ0) is 28.0. The van der Waals surface area contributed by atoms with Gasteiger partial charge in [0, 0.05) is 37.1 Å². The lowest BCUT2D eigenvalue weighted by Gasteiger charge is -2.25. The molecule has 0 radical (unpaired) electrons. The highest BCUT2D eigenvalue weighted by Crippen LogP contribution is 2.49. The van der Waals surface area contributed by atoms with Crippen LogP contribution in [-0.2, 0) is 34.8 Å². The molecule has 1 heterocycles. The molecule has 1 N–H and O–H groups in total. The quantitative estimate of drug-likeness (QED) is 0.328. The molecule has 0 unspecified atom stereocenters. The van der Waals surface area contributed by atoms with Crippen molar-refractivity contribution in [2.24, 2.45) is 13.0 Å². The fraction of sp³-hybridized carbons (Fsp3) is 0.267. The summed E-state index contributed by atoms with van der Waals surface area (Å²) in [5, 5.41) is 0. The number of sulfonamides is 1. The van der Waals surface area contributed by atoms with Gasteiger partial charge in [-0.05, 0) is 90.4 Å². The van der Waals surface area contributed by atoms with Crippen LogP contribution < -0.4 is 9.62 Å². The van der Waals surface area contributed by atoms with Gasteiger partial charge in [-0.25, -0.2) is 26.9 Å². The molecular weight excluding hydrogens is 534 g/mol. The number of nitrogens with one attached hydrogen (secondary N) is 1. The van der Waals surface area contributed by atoms with Crippen molar-refractivity contribution < 1.29 is 22.0 Å². The lowest BCUT2D eigenvalue weighted by molar-refractivity contribution is -0.120. The fourth-order valence-corrected chi connectivity index (χ4v) is 6.76. The van der Waals surface area contributed by atoms with Crippen molar-refractivity contribution in [3.63, 3.8) is 0 Å². The van der Waals surface area contributed by atoms with Gasteiger partial charge in [0.2, 0.25) is 15.9 Å². The summed E-state index contributed by atoms with van der Waals surface area (Å²) in [6.07, 6.45) is 5.37. The molecule has 4 aromatic rings. The number of anilines is 1. The molecule has 10 heteroatoms. The number of hydrogen-bond donors (Lipinski definition) is 1. The molecule has 1 fully saturated rings. The third kappa shape index (κ3) is 5.16. The number of benzene rings is 3. The van der Waals surface area contributed by atoms with E-state index in [0.29, 0.717) is 30.8 Å². The molecule has 2 aliphatic rings. The number of imidazole rings is 1. The number of nitrogens with zero attached hydrogens (tertiary/aromatic N) is 3. The minimum absolute atomic E-state index is 0.0118. The topological polar surface area (TPSA) is 84.3 Å². The van der Waals surface area contributed by atoms with E-state index in [9.17, 15) is 22.0 Å². The Morgan fingerprint density at radius 2 is 1.88 bits per heavy atom. The Bertz CT molecular complexity index is 1690. The van der Waals surface area contributed by atoms with Crippen molar-refractivity contribution >= 4 is 21.6 Å². The third-order valence-corrected chi connectivity index (χ3v) is 9.30. The Morgan fingerprint density at radius 3 is 2.60 bits per heavy atom. The van der Waals surface area contributed by atoms with E-state index < -0.39 is 21.9 Å². The van der Waals surface area contributed by atoms with E-state index >= 15 is 0 Å². The van der Waals surface area contributed by atoms with E-state index in [1.807, 2.05) is 42.1 Å². The van der Waals surface area contributed by atoms with Gasteiger partial charge in [0.15, 0.2) is 0 Å². The van der Waals surface area contributed by atoms with Crippen LogP contribution in [0.5, 0.6) is 0 Å². The molecule has 0 aliphatic heterocycles. The Labute approximate surface area is 231 Å². The van der Waals surface area contributed by atoms with Crippen molar-refractivity contribution in [2.45, 2.75) is 42.7 Å². The Kier molecular flexibility index (Phi) is 6.75. The first-order chi connectivity index (χ1) is 19.2. The van der Waals surface area contributed by atoms with Gasteiger partial charge in [-0.3, -0.25) is 4.79 Å². The second kappa shape index (κ2) is 10.3. The number of amides is 1. The van der Waals surface area contributed by atoms with E-state index in [1.165, 1.54) is 24.3 Å². The summed E-state index contributed by atoms with van der Waals surface area (Å²) in [5.74, 6) is -0.570. The number of hydrogen-bond acceptors (Lipinski definition) is 4. The van der Waals surface area contributed by atoms with Gasteiger partial charge in [-0.1, -0.05) is 18.2 Å². The molecule has 0 spiro atoms. The van der Waals surface area contributed by atoms with Crippen molar-refractivity contribution in [1.29, 1.82) is 0 Å². The second-order valence-electron chi connectivity index (χ2n) is 10.4. The van der Waals surface area contributed by atoms with Gasteiger partial charge in [0.1, 0.15) is 17.5 Å². The third-order valence-electron chi connectivity index (χ3n) is 7.81. The first-order valence-corrected chi connectivity index (χ1v) is 14.6. The average Bonchev–Trinajstić information content (AvgIpc) is 3.50. The Morgan fingerprint density at radius 1 is 1.07 bits per heavy atom. The Balaban J connectivity index is 1.29. The second-order valence-corrected chi connectivity index (χ2v) is 12.1. The van der Waals surface area contributed by atoms with Crippen molar-refractivity contribution in [3.8, 4) is 0 Å². The highest BCUT2D eigenvalue weighted by Gasteiger charge is 2.46. The number of rotatable bonds is 8. The van der Waals surface area contributed by atoms with Gasteiger partial charge in [0.05, 0.1) is 11.4 Å². The van der Waals surface area contributed by atoms with Crippen LogP contribution in [0.25, 0.3) is 0 Å². The van der Waals surface area contributed by atoms with Gasteiger partial charge < -0.3 is 9.47 Å². The predicted molar refractivity (Wildman–Crippen MR) is 146 cm³/mol. The smallest absolute Gasteiger partial charge is 0.241 e. The summed E-state index contributed by atoms with van der Waals surface area (Å²) < 4.78 is 57.9. The molecule has 1 saturated carbocycles. The predicted octanol–water partition coefficient (Wildman–Crippen LogP) is 5.00. The van der Waals surface area contributed by atoms with Crippen LogP contribution in [0, 0.1) is 17.6 Å². The fourth-order valence-electron chi connectivity index (χ4n) is 5.51. The molecule has 3 aromatic carbocycles. The summed E-state index contributed by atoms with van der Waals surface area (Å²) in [5.41, 5.74) is 3.26. The molecule has 206 valence electrons. The molecule has 2 aliphatic carbocycles. The molecule has 40 heavy (non-hydrogen) atoms. The molecule has 0 saturated heterocycles. The van der Waals surface area contributed by atoms with Crippen LogP contribution in [0.2, 0.25) is 0 Å². The summed E-state index contributed by atoms with van der Waals surface area (Å²) in [4.78, 5) is 20.0.